The zero-order chi connectivity index (χ0) is 22.0. The summed E-state index contributed by atoms with van der Waals surface area (Å²) in [6.07, 6.45) is -0.459. The quantitative estimate of drug-likeness (QED) is 0.312. The van der Waals surface area contributed by atoms with Gasteiger partial charge < -0.3 is 26.6 Å². The lowest BCUT2D eigenvalue weighted by Gasteiger charge is -2.18. The number of thioether (sulfide) groups is 1. The number of carbonyl (C=O) groups excluding carboxylic acids is 3. The number of hydrogen-bond acceptors (Lipinski definition) is 7. The third kappa shape index (κ3) is 9.17. The summed E-state index contributed by atoms with van der Waals surface area (Å²) in [5, 5.41) is 21.3. The molecule has 0 saturated carbocycles. The number of benzene rings is 1. The lowest BCUT2D eigenvalue weighted by atomic mass is 10.1. The number of amides is 2. The van der Waals surface area contributed by atoms with Gasteiger partial charge in [0.1, 0.15) is 24.4 Å². The van der Waals surface area contributed by atoms with Gasteiger partial charge in [-0.15, -0.1) is 0 Å². The summed E-state index contributed by atoms with van der Waals surface area (Å²) < 4.78 is 12.9. The van der Waals surface area contributed by atoms with Crippen LogP contribution in [0.15, 0.2) is 24.3 Å². The maximum absolute atomic E-state index is 12.9. The Morgan fingerprint density at radius 1 is 1.10 bits per heavy atom. The molecule has 0 bridgehead atoms. The van der Waals surface area contributed by atoms with E-state index < -0.39 is 53.3 Å². The van der Waals surface area contributed by atoms with Crippen LogP contribution in [0.2, 0.25) is 0 Å². The van der Waals surface area contributed by atoms with Gasteiger partial charge in [0.15, 0.2) is 0 Å². The van der Waals surface area contributed by atoms with Crippen molar-refractivity contribution >= 4 is 40.6 Å². The maximum atomic E-state index is 12.9. The molecule has 0 saturated heterocycles. The standard InChI is InChI=1S/C17H20FN3O7S/c18-10-3-1-9(2-4-10)17(28)29-8-12(15(25)20-7-14(23)24)21-13(22)6-5-11(19)16(26)27/h1-4,11-12H,5-8,19H2,(H,20,25)(H,21,22)(H,23,24)(H,26,27)/t11-,12-/m0/s1. The van der Waals surface area contributed by atoms with Crippen LogP contribution in [0.3, 0.4) is 0 Å². The molecule has 0 aromatic heterocycles. The topological polar surface area (TPSA) is 176 Å². The van der Waals surface area contributed by atoms with Crippen LogP contribution in [0.5, 0.6) is 0 Å². The average Bonchev–Trinajstić information content (AvgIpc) is 2.67. The van der Waals surface area contributed by atoms with Crippen LogP contribution < -0.4 is 16.4 Å². The first-order valence-electron chi connectivity index (χ1n) is 8.30. The highest BCUT2D eigenvalue weighted by molar-refractivity contribution is 8.14. The predicted molar refractivity (Wildman–Crippen MR) is 101 cm³/mol. The highest BCUT2D eigenvalue weighted by Gasteiger charge is 2.24. The highest BCUT2D eigenvalue weighted by atomic mass is 32.2. The van der Waals surface area contributed by atoms with Crippen LogP contribution >= 0.6 is 11.8 Å². The highest BCUT2D eigenvalue weighted by Crippen LogP contribution is 2.14. The summed E-state index contributed by atoms with van der Waals surface area (Å²) >= 11 is 0.674. The van der Waals surface area contributed by atoms with Gasteiger partial charge in [0.05, 0.1) is 0 Å². The molecular formula is C17H20FN3O7S. The molecule has 0 spiro atoms. The van der Waals surface area contributed by atoms with Gasteiger partial charge in [-0.1, -0.05) is 11.8 Å². The van der Waals surface area contributed by atoms with Crippen molar-refractivity contribution in [1.82, 2.24) is 10.6 Å². The van der Waals surface area contributed by atoms with Crippen molar-refractivity contribution in [3.63, 3.8) is 0 Å². The number of aliphatic carboxylic acids is 2. The molecule has 158 valence electrons. The number of nitrogens with one attached hydrogen (secondary N) is 2. The van der Waals surface area contributed by atoms with Crippen molar-refractivity contribution in [2.75, 3.05) is 12.3 Å². The largest absolute Gasteiger partial charge is 0.480 e. The van der Waals surface area contributed by atoms with Crippen molar-refractivity contribution < 1.29 is 38.6 Å². The van der Waals surface area contributed by atoms with E-state index in [1.54, 1.807) is 0 Å². The Kier molecular flexibility index (Phi) is 9.75. The van der Waals surface area contributed by atoms with Crippen LogP contribution in [0.1, 0.15) is 23.2 Å². The number of hydrogen-bond donors (Lipinski definition) is 5. The fourth-order valence-corrected chi connectivity index (χ4v) is 2.83. The molecule has 2 amide bonds. The monoisotopic (exact) mass is 429 g/mol. The van der Waals surface area contributed by atoms with E-state index >= 15 is 0 Å². The second kappa shape index (κ2) is 11.8. The molecular weight excluding hydrogens is 409 g/mol. The van der Waals surface area contributed by atoms with E-state index in [-0.39, 0.29) is 24.2 Å². The fraction of sp³-hybridized carbons (Fsp3) is 0.353. The molecule has 10 nitrogen and oxygen atoms in total. The zero-order valence-electron chi connectivity index (χ0n) is 15.1. The third-order valence-corrected chi connectivity index (χ3v) is 4.52. The van der Waals surface area contributed by atoms with E-state index in [4.69, 9.17) is 15.9 Å². The molecule has 1 rings (SSSR count). The summed E-state index contributed by atoms with van der Waals surface area (Å²) in [6, 6.07) is 2.20. The lowest BCUT2D eigenvalue weighted by Crippen LogP contribution is -2.49. The Bertz CT molecular complexity index is 773. The summed E-state index contributed by atoms with van der Waals surface area (Å²) in [4.78, 5) is 57.6. The first-order valence-corrected chi connectivity index (χ1v) is 9.28. The van der Waals surface area contributed by atoms with Crippen molar-refractivity contribution in [2.24, 2.45) is 5.73 Å². The van der Waals surface area contributed by atoms with E-state index in [0.29, 0.717) is 11.8 Å². The second-order valence-electron chi connectivity index (χ2n) is 5.82. The zero-order valence-corrected chi connectivity index (χ0v) is 15.9. The SMILES string of the molecule is N[C@@H](CCC(=O)N[C@@H](CSC(=O)c1ccc(F)cc1)C(=O)NCC(=O)O)C(=O)O. The first kappa shape index (κ1) is 24.0. The summed E-state index contributed by atoms with van der Waals surface area (Å²) in [6.45, 7) is -0.689. The number of carbonyl (C=O) groups is 5. The van der Waals surface area contributed by atoms with Crippen LogP contribution in [0, 0.1) is 5.82 Å². The van der Waals surface area contributed by atoms with Crippen LogP contribution in [-0.4, -0.2) is 63.5 Å². The summed E-state index contributed by atoms with van der Waals surface area (Å²) in [7, 11) is 0. The molecule has 0 aliphatic rings. The minimum absolute atomic E-state index is 0.174. The molecule has 0 aliphatic heterocycles. The fourth-order valence-electron chi connectivity index (χ4n) is 1.97. The molecule has 29 heavy (non-hydrogen) atoms. The summed E-state index contributed by atoms with van der Waals surface area (Å²) in [5.41, 5.74) is 5.49. The second-order valence-corrected chi connectivity index (χ2v) is 6.81. The van der Waals surface area contributed by atoms with Crippen LogP contribution in [-0.2, 0) is 19.2 Å². The number of rotatable bonds is 11. The minimum Gasteiger partial charge on any atom is -0.480 e. The molecule has 2 atom stereocenters. The molecule has 0 aliphatic carbocycles. The van der Waals surface area contributed by atoms with E-state index in [2.05, 4.69) is 10.6 Å². The Morgan fingerprint density at radius 2 is 1.72 bits per heavy atom. The third-order valence-electron chi connectivity index (χ3n) is 3.53. The van der Waals surface area contributed by atoms with Gasteiger partial charge in [0.2, 0.25) is 16.9 Å². The van der Waals surface area contributed by atoms with Gasteiger partial charge in [-0.3, -0.25) is 24.0 Å². The number of nitrogens with two attached hydrogens (primary N) is 1. The van der Waals surface area contributed by atoms with Crippen molar-refractivity contribution in [1.29, 1.82) is 0 Å². The van der Waals surface area contributed by atoms with Gasteiger partial charge in [-0.05, 0) is 30.7 Å². The van der Waals surface area contributed by atoms with Gasteiger partial charge in [0.25, 0.3) is 0 Å². The van der Waals surface area contributed by atoms with Gasteiger partial charge >= 0.3 is 11.9 Å². The van der Waals surface area contributed by atoms with E-state index in [1.165, 1.54) is 12.1 Å². The predicted octanol–water partition coefficient (Wildman–Crippen LogP) is -0.423. The first-order chi connectivity index (χ1) is 13.6. The Morgan fingerprint density at radius 3 is 2.28 bits per heavy atom. The van der Waals surface area contributed by atoms with Crippen LogP contribution in [0.4, 0.5) is 4.39 Å². The Labute approximate surface area is 169 Å². The summed E-state index contributed by atoms with van der Waals surface area (Å²) in [5.74, 6) is -4.85. The molecule has 12 heteroatoms. The maximum Gasteiger partial charge on any atom is 0.322 e. The van der Waals surface area contributed by atoms with Gasteiger partial charge in [0, 0.05) is 17.7 Å². The van der Waals surface area contributed by atoms with Crippen LogP contribution in [0.25, 0.3) is 0 Å². The van der Waals surface area contributed by atoms with E-state index in [1.807, 2.05) is 0 Å². The van der Waals surface area contributed by atoms with Crippen molar-refractivity contribution in [3.05, 3.63) is 35.6 Å². The van der Waals surface area contributed by atoms with Crippen molar-refractivity contribution in [2.45, 2.75) is 24.9 Å². The molecule has 0 unspecified atom stereocenters. The van der Waals surface area contributed by atoms with Gasteiger partial charge in [-0.25, -0.2) is 4.39 Å². The smallest absolute Gasteiger partial charge is 0.322 e. The number of carboxylic acids is 2. The number of carboxylic acid groups (broad SMARTS) is 2. The van der Waals surface area contributed by atoms with E-state index in [9.17, 15) is 28.4 Å². The normalized spacial score (nSPS) is 12.5. The Balaban J connectivity index is 2.71. The molecule has 0 fully saturated rings. The number of halogens is 1. The molecule has 0 radical (unpaired) electrons. The van der Waals surface area contributed by atoms with E-state index in [0.717, 1.165) is 12.1 Å². The molecule has 1 aromatic rings. The molecule has 6 N–H and O–H groups in total. The molecule has 1 aromatic carbocycles. The van der Waals surface area contributed by atoms with Gasteiger partial charge in [-0.2, -0.15) is 0 Å². The average molecular weight is 429 g/mol. The molecule has 0 heterocycles. The minimum atomic E-state index is -1.30. The Hall–Kier alpha value is -2.99. The van der Waals surface area contributed by atoms with Crippen molar-refractivity contribution in [3.8, 4) is 0 Å². The lowest BCUT2D eigenvalue weighted by molar-refractivity contribution is -0.139.